The number of hydrogen-bond donors (Lipinski definition) is 1. The van der Waals surface area contributed by atoms with Crippen LogP contribution >= 0.6 is 23.1 Å². The van der Waals surface area contributed by atoms with Crippen LogP contribution in [0.5, 0.6) is 0 Å². The second-order valence-corrected chi connectivity index (χ2v) is 8.74. The van der Waals surface area contributed by atoms with Crippen molar-refractivity contribution in [1.29, 1.82) is 0 Å². The first-order valence-electron chi connectivity index (χ1n) is 9.95. The molecule has 0 aliphatic rings. The molecule has 0 saturated carbocycles. The summed E-state index contributed by atoms with van der Waals surface area (Å²) in [5.74, 6) is -1.13. The van der Waals surface area contributed by atoms with Crippen LogP contribution in [0.2, 0.25) is 0 Å². The van der Waals surface area contributed by atoms with Crippen LogP contribution in [0, 0.1) is 5.82 Å². The fourth-order valence-corrected chi connectivity index (χ4v) is 4.35. The van der Waals surface area contributed by atoms with Gasteiger partial charge < -0.3 is 10.1 Å². The van der Waals surface area contributed by atoms with E-state index >= 15 is 0 Å². The molecule has 2 heterocycles. The normalized spacial score (nSPS) is 10.7. The van der Waals surface area contributed by atoms with Gasteiger partial charge in [-0.2, -0.15) is 0 Å². The summed E-state index contributed by atoms with van der Waals surface area (Å²) in [7, 11) is 0. The number of rotatable bonds is 9. The van der Waals surface area contributed by atoms with Crippen LogP contribution in [0.25, 0.3) is 17.1 Å². The first-order valence-corrected chi connectivity index (χ1v) is 11.8. The molecule has 10 heteroatoms. The molecular weight excluding hydrogens is 463 g/mol. The van der Waals surface area contributed by atoms with Gasteiger partial charge in [0.1, 0.15) is 5.82 Å². The monoisotopic (exact) mass is 482 g/mol. The first kappa shape index (κ1) is 22.7. The number of carbonyl (C=O) groups excluding carboxylic acids is 2. The predicted molar refractivity (Wildman–Crippen MR) is 125 cm³/mol. The van der Waals surface area contributed by atoms with Crippen molar-refractivity contribution in [1.82, 2.24) is 20.1 Å². The summed E-state index contributed by atoms with van der Waals surface area (Å²) in [6, 6.07) is 19.3. The minimum absolute atomic E-state index is 0.0829. The number of benzene rings is 2. The van der Waals surface area contributed by atoms with Crippen LogP contribution in [0.1, 0.15) is 4.88 Å². The van der Waals surface area contributed by atoms with Crippen molar-refractivity contribution in [2.45, 2.75) is 11.7 Å². The highest BCUT2D eigenvalue weighted by Crippen LogP contribution is 2.29. The number of amides is 1. The molecule has 0 aliphatic carbocycles. The Morgan fingerprint density at radius 2 is 1.82 bits per heavy atom. The van der Waals surface area contributed by atoms with Gasteiger partial charge >= 0.3 is 5.97 Å². The van der Waals surface area contributed by atoms with Crippen molar-refractivity contribution in [2.24, 2.45) is 0 Å². The zero-order chi connectivity index (χ0) is 23.0. The maximum Gasteiger partial charge on any atom is 0.316 e. The number of ether oxygens (including phenoxy) is 1. The quantitative estimate of drug-likeness (QED) is 0.286. The van der Waals surface area contributed by atoms with Gasteiger partial charge in [0, 0.05) is 10.6 Å². The van der Waals surface area contributed by atoms with Crippen molar-refractivity contribution < 1.29 is 18.7 Å². The van der Waals surface area contributed by atoms with E-state index in [1.807, 2.05) is 47.8 Å². The third-order valence-electron chi connectivity index (χ3n) is 4.49. The minimum Gasteiger partial charge on any atom is -0.455 e. The molecule has 1 N–H and O–H groups in total. The number of halogens is 1. The van der Waals surface area contributed by atoms with E-state index in [1.54, 1.807) is 22.8 Å². The third kappa shape index (κ3) is 5.85. The largest absolute Gasteiger partial charge is 0.455 e. The zero-order valence-corrected chi connectivity index (χ0v) is 18.9. The second kappa shape index (κ2) is 10.9. The van der Waals surface area contributed by atoms with E-state index in [0.29, 0.717) is 23.1 Å². The summed E-state index contributed by atoms with van der Waals surface area (Å²) >= 11 is 2.63. The van der Waals surface area contributed by atoms with Crippen LogP contribution < -0.4 is 5.32 Å². The summed E-state index contributed by atoms with van der Waals surface area (Å²) in [5.41, 5.74) is 1.02. The summed E-state index contributed by atoms with van der Waals surface area (Å²) in [4.78, 5) is 25.1. The summed E-state index contributed by atoms with van der Waals surface area (Å²) < 4.78 is 21.2. The Morgan fingerprint density at radius 1 is 1.03 bits per heavy atom. The van der Waals surface area contributed by atoms with Crippen molar-refractivity contribution in [3.8, 4) is 17.1 Å². The van der Waals surface area contributed by atoms with E-state index in [9.17, 15) is 14.0 Å². The number of aromatic nitrogens is 3. The second-order valence-electron chi connectivity index (χ2n) is 6.76. The fourth-order valence-electron chi connectivity index (χ4n) is 2.95. The molecule has 0 radical (unpaired) electrons. The van der Waals surface area contributed by atoms with E-state index in [-0.39, 0.29) is 18.3 Å². The molecule has 2 aromatic carbocycles. The van der Waals surface area contributed by atoms with Crippen LogP contribution in [-0.2, 0) is 20.9 Å². The molecule has 168 valence electrons. The van der Waals surface area contributed by atoms with Gasteiger partial charge in [-0.3, -0.25) is 14.2 Å². The number of esters is 1. The molecule has 0 bridgehead atoms. The highest BCUT2D eigenvalue weighted by Gasteiger charge is 2.19. The van der Waals surface area contributed by atoms with Gasteiger partial charge in [-0.1, -0.05) is 48.2 Å². The van der Waals surface area contributed by atoms with Crippen LogP contribution in [0.3, 0.4) is 0 Å². The topological polar surface area (TPSA) is 86.1 Å². The molecule has 0 spiro atoms. The average molecular weight is 483 g/mol. The Hall–Kier alpha value is -3.50. The average Bonchev–Trinajstić information content (AvgIpc) is 3.51. The summed E-state index contributed by atoms with van der Waals surface area (Å²) in [6.45, 7) is 0.0262. The third-order valence-corrected chi connectivity index (χ3v) is 6.26. The minimum atomic E-state index is -0.568. The lowest BCUT2D eigenvalue weighted by molar-refractivity contribution is -0.145. The molecule has 0 aliphatic heterocycles. The van der Waals surface area contributed by atoms with E-state index in [0.717, 1.165) is 22.3 Å². The van der Waals surface area contributed by atoms with Gasteiger partial charge in [0.2, 0.25) is 0 Å². The Labute approximate surface area is 197 Å². The molecule has 2 aromatic heterocycles. The zero-order valence-electron chi connectivity index (χ0n) is 17.3. The van der Waals surface area contributed by atoms with Gasteiger partial charge in [0.05, 0.1) is 17.9 Å². The van der Waals surface area contributed by atoms with Gasteiger partial charge in [-0.15, -0.1) is 21.5 Å². The number of carbonyl (C=O) groups is 2. The Bertz CT molecular complexity index is 1230. The summed E-state index contributed by atoms with van der Waals surface area (Å²) in [6.07, 6.45) is 0. The lowest BCUT2D eigenvalue weighted by Gasteiger charge is -2.10. The van der Waals surface area contributed by atoms with Crippen LogP contribution in [0.4, 0.5) is 4.39 Å². The Balaban J connectivity index is 1.41. The van der Waals surface area contributed by atoms with Gasteiger partial charge in [-0.25, -0.2) is 4.39 Å². The molecule has 0 unspecified atom stereocenters. The SMILES string of the molecule is O=C(COC(=O)CSc1nnc(-c2ccccc2F)n1-c1ccccc1)NCc1cccs1. The van der Waals surface area contributed by atoms with E-state index < -0.39 is 11.8 Å². The van der Waals surface area contributed by atoms with E-state index in [4.69, 9.17) is 4.74 Å². The Morgan fingerprint density at radius 3 is 2.58 bits per heavy atom. The Kier molecular flexibility index (Phi) is 7.48. The molecule has 4 aromatic rings. The van der Waals surface area contributed by atoms with Crippen LogP contribution in [0.15, 0.2) is 77.3 Å². The van der Waals surface area contributed by atoms with Crippen LogP contribution in [-0.4, -0.2) is 39.0 Å². The van der Waals surface area contributed by atoms with Crippen molar-refractivity contribution in [3.05, 3.63) is 82.8 Å². The summed E-state index contributed by atoms with van der Waals surface area (Å²) in [5, 5.41) is 13.3. The number of nitrogens with zero attached hydrogens (tertiary/aromatic N) is 3. The maximum absolute atomic E-state index is 14.4. The van der Waals surface area contributed by atoms with Gasteiger partial charge in [0.25, 0.3) is 5.91 Å². The molecule has 1 amide bonds. The number of para-hydroxylation sites is 1. The standard InChI is InChI=1S/C23H19FN4O3S2/c24-19-11-5-4-10-18(19)22-26-27-23(28(22)16-7-2-1-3-8-16)33-15-21(30)31-14-20(29)25-13-17-9-6-12-32-17/h1-12H,13-15H2,(H,25,29). The number of thioether (sulfide) groups is 1. The van der Waals surface area contributed by atoms with E-state index in [1.165, 1.54) is 17.4 Å². The molecule has 0 fully saturated rings. The molecule has 0 atom stereocenters. The van der Waals surface area contributed by atoms with E-state index in [2.05, 4.69) is 15.5 Å². The molecule has 33 heavy (non-hydrogen) atoms. The molecular formula is C23H19FN4O3S2. The number of thiophene rings is 1. The molecule has 0 saturated heterocycles. The smallest absolute Gasteiger partial charge is 0.316 e. The van der Waals surface area contributed by atoms with Crippen molar-refractivity contribution in [3.63, 3.8) is 0 Å². The molecule has 4 rings (SSSR count). The maximum atomic E-state index is 14.4. The predicted octanol–water partition coefficient (Wildman–Crippen LogP) is 4.09. The fraction of sp³-hybridized carbons (Fsp3) is 0.130. The molecule has 7 nitrogen and oxygen atoms in total. The van der Waals surface area contributed by atoms with Crippen molar-refractivity contribution in [2.75, 3.05) is 12.4 Å². The highest BCUT2D eigenvalue weighted by molar-refractivity contribution is 7.99. The van der Waals surface area contributed by atoms with Gasteiger partial charge in [-0.05, 0) is 35.7 Å². The highest BCUT2D eigenvalue weighted by atomic mass is 32.2. The first-order chi connectivity index (χ1) is 16.1. The lowest BCUT2D eigenvalue weighted by Crippen LogP contribution is -2.28. The lowest BCUT2D eigenvalue weighted by atomic mass is 10.2. The van der Waals surface area contributed by atoms with Gasteiger partial charge in [0.15, 0.2) is 17.6 Å². The van der Waals surface area contributed by atoms with Crippen molar-refractivity contribution >= 4 is 35.0 Å². The number of hydrogen-bond acceptors (Lipinski definition) is 7. The number of nitrogens with one attached hydrogen (secondary N) is 1.